The topological polar surface area (TPSA) is 89.3 Å². The number of primary sulfonamides is 1. The molecule has 0 bridgehead atoms. The van der Waals surface area contributed by atoms with Crippen molar-refractivity contribution in [1.29, 1.82) is 0 Å². The average Bonchev–Trinajstić information content (AvgIpc) is 3.16. The lowest BCUT2D eigenvalue weighted by Gasteiger charge is -2.14. The molecule has 1 aromatic carbocycles. The molecule has 1 fully saturated rings. The Labute approximate surface area is 123 Å². The second-order valence-electron chi connectivity index (χ2n) is 5.22. The second kappa shape index (κ2) is 5.35. The van der Waals surface area contributed by atoms with Crippen molar-refractivity contribution in [2.45, 2.75) is 31.1 Å². The Bertz CT molecular complexity index is 639. The van der Waals surface area contributed by atoms with E-state index in [4.69, 9.17) is 16.7 Å². The fraction of sp³-hybridized carbons (Fsp3) is 0.462. The predicted molar refractivity (Wildman–Crippen MR) is 77.1 cm³/mol. The third-order valence-electron chi connectivity index (χ3n) is 3.84. The number of sulfonamides is 1. The van der Waals surface area contributed by atoms with Crippen LogP contribution in [0.5, 0.6) is 0 Å². The summed E-state index contributed by atoms with van der Waals surface area (Å²) in [6.45, 7) is 2.67. The molecular weight excluding hydrogens is 300 g/mol. The Balaban J connectivity index is 2.17. The minimum Gasteiger partial charge on any atom is -0.351 e. The van der Waals surface area contributed by atoms with Gasteiger partial charge in [0.05, 0.1) is 15.5 Å². The lowest BCUT2D eigenvalue weighted by atomic mass is 10.0. The zero-order chi connectivity index (χ0) is 15.0. The summed E-state index contributed by atoms with van der Waals surface area (Å²) in [7, 11) is -3.85. The molecule has 1 aromatic rings. The van der Waals surface area contributed by atoms with Crippen LogP contribution in [0.1, 0.15) is 36.5 Å². The molecule has 1 amide bonds. The lowest BCUT2D eigenvalue weighted by Crippen LogP contribution is -2.30. The van der Waals surface area contributed by atoms with Crippen molar-refractivity contribution in [1.82, 2.24) is 5.32 Å². The van der Waals surface area contributed by atoms with Gasteiger partial charge in [0, 0.05) is 6.54 Å². The largest absolute Gasteiger partial charge is 0.351 e. The second-order valence-corrected chi connectivity index (χ2v) is 7.19. The zero-order valence-electron chi connectivity index (χ0n) is 11.1. The van der Waals surface area contributed by atoms with Gasteiger partial charge in [-0.1, -0.05) is 18.5 Å². The Kier molecular flexibility index (Phi) is 4.09. The molecule has 1 aliphatic rings. The number of nitrogens with one attached hydrogen (secondary N) is 1. The van der Waals surface area contributed by atoms with Crippen molar-refractivity contribution in [2.75, 3.05) is 6.54 Å². The maximum Gasteiger partial charge on any atom is 0.252 e. The smallest absolute Gasteiger partial charge is 0.252 e. The van der Waals surface area contributed by atoms with Crippen LogP contribution >= 0.6 is 11.6 Å². The SMILES string of the molecule is CCC1(CNC(=O)c2cc(S(N)(=O)=O)ccc2Cl)CC1. The Morgan fingerprint density at radius 2 is 2.10 bits per heavy atom. The first-order chi connectivity index (χ1) is 9.27. The number of carbonyl (C=O) groups excluding carboxylic acids is 1. The molecule has 0 spiro atoms. The van der Waals surface area contributed by atoms with Gasteiger partial charge < -0.3 is 5.32 Å². The Hall–Kier alpha value is -1.11. The molecule has 1 saturated carbocycles. The van der Waals surface area contributed by atoms with Crippen molar-refractivity contribution in [3.8, 4) is 0 Å². The third kappa shape index (κ3) is 3.31. The molecule has 3 N–H and O–H groups in total. The summed E-state index contributed by atoms with van der Waals surface area (Å²) in [6.07, 6.45) is 3.22. The first kappa shape index (κ1) is 15.3. The average molecular weight is 317 g/mol. The van der Waals surface area contributed by atoms with Crippen molar-refractivity contribution >= 4 is 27.5 Å². The highest BCUT2D eigenvalue weighted by atomic mass is 35.5. The fourth-order valence-electron chi connectivity index (χ4n) is 2.05. The fourth-order valence-corrected chi connectivity index (χ4v) is 2.79. The minimum atomic E-state index is -3.85. The molecule has 0 saturated heterocycles. The summed E-state index contributed by atoms with van der Waals surface area (Å²) in [6, 6.07) is 3.85. The van der Waals surface area contributed by atoms with E-state index in [0.29, 0.717) is 6.54 Å². The number of carbonyl (C=O) groups is 1. The van der Waals surface area contributed by atoms with Crippen molar-refractivity contribution in [2.24, 2.45) is 10.6 Å². The van der Waals surface area contributed by atoms with Gasteiger partial charge in [-0.15, -0.1) is 0 Å². The van der Waals surface area contributed by atoms with Gasteiger partial charge in [-0.25, -0.2) is 13.6 Å². The maximum atomic E-state index is 12.1. The highest BCUT2D eigenvalue weighted by molar-refractivity contribution is 7.89. The third-order valence-corrected chi connectivity index (χ3v) is 5.08. The van der Waals surface area contributed by atoms with Crippen LogP contribution in [0.3, 0.4) is 0 Å². The van der Waals surface area contributed by atoms with E-state index in [1.54, 1.807) is 0 Å². The first-order valence-electron chi connectivity index (χ1n) is 6.38. The van der Waals surface area contributed by atoms with Crippen molar-refractivity contribution in [3.05, 3.63) is 28.8 Å². The van der Waals surface area contributed by atoms with Crippen LogP contribution in [0.25, 0.3) is 0 Å². The summed E-state index contributed by atoms with van der Waals surface area (Å²) >= 11 is 5.94. The summed E-state index contributed by atoms with van der Waals surface area (Å²) in [5, 5.41) is 8.07. The lowest BCUT2D eigenvalue weighted by molar-refractivity contribution is 0.0944. The number of hydrogen-bond acceptors (Lipinski definition) is 3. The van der Waals surface area contributed by atoms with Crippen LogP contribution in [0.15, 0.2) is 23.1 Å². The summed E-state index contributed by atoms with van der Waals surface area (Å²) in [5.41, 5.74) is 0.338. The zero-order valence-corrected chi connectivity index (χ0v) is 12.7. The number of benzene rings is 1. The van der Waals surface area contributed by atoms with E-state index in [1.165, 1.54) is 18.2 Å². The van der Waals surface area contributed by atoms with Crippen LogP contribution in [-0.2, 0) is 10.0 Å². The summed E-state index contributed by atoms with van der Waals surface area (Å²) in [4.78, 5) is 12.0. The van der Waals surface area contributed by atoms with Gasteiger partial charge in [0.2, 0.25) is 10.0 Å². The van der Waals surface area contributed by atoms with Gasteiger partial charge in [-0.05, 0) is 42.9 Å². The molecule has 1 aliphatic carbocycles. The molecule has 5 nitrogen and oxygen atoms in total. The van der Waals surface area contributed by atoms with Crippen LogP contribution in [0.2, 0.25) is 5.02 Å². The standard InChI is InChI=1S/C13H17ClN2O3S/c1-2-13(5-6-13)8-16-12(17)10-7-9(20(15,18)19)3-4-11(10)14/h3-4,7H,2,5-6,8H2,1H3,(H,16,17)(H2,15,18,19). The van der Waals surface area contributed by atoms with Crippen molar-refractivity contribution < 1.29 is 13.2 Å². The van der Waals surface area contributed by atoms with E-state index >= 15 is 0 Å². The molecule has 0 heterocycles. The summed E-state index contributed by atoms with van der Waals surface area (Å²) in [5.74, 6) is -0.375. The van der Waals surface area contributed by atoms with E-state index in [2.05, 4.69) is 12.2 Å². The molecule has 2 rings (SSSR count). The number of rotatable bonds is 5. The number of amides is 1. The van der Waals surface area contributed by atoms with Crippen LogP contribution in [-0.4, -0.2) is 20.9 Å². The highest BCUT2D eigenvalue weighted by Crippen LogP contribution is 2.47. The van der Waals surface area contributed by atoms with E-state index in [9.17, 15) is 13.2 Å². The monoisotopic (exact) mass is 316 g/mol. The van der Waals surface area contributed by atoms with Crippen LogP contribution < -0.4 is 10.5 Å². The first-order valence-corrected chi connectivity index (χ1v) is 8.30. The van der Waals surface area contributed by atoms with E-state index < -0.39 is 10.0 Å². The highest BCUT2D eigenvalue weighted by Gasteiger charge is 2.40. The molecule has 0 atom stereocenters. The molecule has 0 aliphatic heterocycles. The molecule has 110 valence electrons. The molecular formula is C13H17ClN2O3S. The van der Waals surface area contributed by atoms with E-state index in [-0.39, 0.29) is 26.8 Å². The number of halogens is 1. The normalized spacial score (nSPS) is 16.8. The summed E-state index contributed by atoms with van der Waals surface area (Å²) < 4.78 is 22.6. The van der Waals surface area contributed by atoms with Crippen LogP contribution in [0.4, 0.5) is 0 Å². The maximum absolute atomic E-state index is 12.1. The Morgan fingerprint density at radius 3 is 2.60 bits per heavy atom. The molecule has 0 radical (unpaired) electrons. The minimum absolute atomic E-state index is 0.122. The van der Waals surface area contributed by atoms with E-state index in [0.717, 1.165) is 19.3 Å². The van der Waals surface area contributed by atoms with Gasteiger partial charge >= 0.3 is 0 Å². The van der Waals surface area contributed by atoms with Gasteiger partial charge in [0.25, 0.3) is 5.91 Å². The Morgan fingerprint density at radius 1 is 1.45 bits per heavy atom. The quantitative estimate of drug-likeness (QED) is 0.869. The van der Waals surface area contributed by atoms with Gasteiger partial charge in [0.1, 0.15) is 0 Å². The van der Waals surface area contributed by atoms with Crippen LogP contribution in [0, 0.1) is 5.41 Å². The van der Waals surface area contributed by atoms with Gasteiger partial charge in [-0.2, -0.15) is 0 Å². The van der Waals surface area contributed by atoms with Gasteiger partial charge in [0.15, 0.2) is 0 Å². The van der Waals surface area contributed by atoms with Crippen molar-refractivity contribution in [3.63, 3.8) is 0 Å². The molecule has 7 heteroatoms. The predicted octanol–water partition coefficient (Wildman–Crippen LogP) is 1.91. The molecule has 20 heavy (non-hydrogen) atoms. The van der Waals surface area contributed by atoms with E-state index in [1.807, 2.05) is 0 Å². The number of hydrogen-bond donors (Lipinski definition) is 2. The van der Waals surface area contributed by atoms with Gasteiger partial charge in [-0.3, -0.25) is 4.79 Å². The molecule has 0 aromatic heterocycles. The number of nitrogens with two attached hydrogens (primary N) is 1. The molecule has 0 unspecified atom stereocenters.